The van der Waals surface area contributed by atoms with Gasteiger partial charge in [0.1, 0.15) is 12.6 Å². The third-order valence-electron chi connectivity index (χ3n) is 5.93. The molecule has 7 nitrogen and oxygen atoms in total. The molecule has 190 valence electrons. The van der Waals surface area contributed by atoms with Gasteiger partial charge in [-0.1, -0.05) is 66.2 Å². The van der Waals surface area contributed by atoms with E-state index in [9.17, 15) is 18.0 Å². The number of rotatable bonds is 11. The molecule has 3 aromatic carbocycles. The first kappa shape index (κ1) is 26.9. The summed E-state index contributed by atoms with van der Waals surface area (Å²) in [6.45, 7) is 5.65. The van der Waals surface area contributed by atoms with Gasteiger partial charge in [0.2, 0.25) is 11.8 Å². The van der Waals surface area contributed by atoms with Crippen LogP contribution in [0, 0.1) is 6.92 Å². The highest BCUT2D eigenvalue weighted by atomic mass is 32.2. The zero-order chi connectivity index (χ0) is 26.1. The van der Waals surface area contributed by atoms with E-state index in [2.05, 4.69) is 5.32 Å². The molecule has 3 aromatic rings. The van der Waals surface area contributed by atoms with Gasteiger partial charge in [-0.25, -0.2) is 8.42 Å². The monoisotopic (exact) mass is 507 g/mol. The summed E-state index contributed by atoms with van der Waals surface area (Å²) in [6, 6.07) is 23.9. The van der Waals surface area contributed by atoms with Crippen molar-refractivity contribution in [3.63, 3.8) is 0 Å². The molecule has 8 heteroatoms. The smallest absolute Gasteiger partial charge is 0.264 e. The van der Waals surface area contributed by atoms with E-state index in [4.69, 9.17) is 0 Å². The standard InChI is InChI=1S/C28H33N3O4S/c1-4-29-28(33)23(3)30(20-19-24-11-7-5-8-12-24)27(32)21-31(25-17-15-22(2)16-18-25)36(34,35)26-13-9-6-10-14-26/h5-18,23H,4,19-21H2,1-3H3,(H,29,33)/t23-/m1/s1. The van der Waals surface area contributed by atoms with Crippen LogP contribution < -0.4 is 9.62 Å². The first-order valence-corrected chi connectivity index (χ1v) is 13.4. The molecule has 0 bridgehead atoms. The second kappa shape index (κ2) is 12.4. The summed E-state index contributed by atoms with van der Waals surface area (Å²) < 4.78 is 28.4. The minimum absolute atomic E-state index is 0.0889. The zero-order valence-electron chi connectivity index (χ0n) is 20.9. The van der Waals surface area contributed by atoms with Crippen molar-refractivity contribution in [2.24, 2.45) is 0 Å². The number of anilines is 1. The number of nitrogens with zero attached hydrogens (tertiary/aromatic N) is 2. The van der Waals surface area contributed by atoms with Gasteiger partial charge in [-0.2, -0.15) is 0 Å². The second-order valence-corrected chi connectivity index (χ2v) is 10.4. The second-order valence-electron chi connectivity index (χ2n) is 8.55. The number of hydrogen-bond donors (Lipinski definition) is 1. The van der Waals surface area contributed by atoms with Crippen LogP contribution in [-0.2, 0) is 26.0 Å². The first-order valence-electron chi connectivity index (χ1n) is 12.0. The Morgan fingerprint density at radius 1 is 0.889 bits per heavy atom. The maximum absolute atomic E-state index is 13.7. The predicted octanol–water partition coefficient (Wildman–Crippen LogP) is 3.79. The molecule has 0 unspecified atom stereocenters. The van der Waals surface area contributed by atoms with Crippen LogP contribution in [0.15, 0.2) is 89.8 Å². The zero-order valence-corrected chi connectivity index (χ0v) is 21.7. The molecule has 0 spiro atoms. The average Bonchev–Trinajstić information content (AvgIpc) is 2.89. The fourth-order valence-electron chi connectivity index (χ4n) is 3.85. The van der Waals surface area contributed by atoms with Crippen LogP contribution in [0.5, 0.6) is 0 Å². The average molecular weight is 508 g/mol. The molecule has 3 rings (SSSR count). The van der Waals surface area contributed by atoms with Gasteiger partial charge in [0.25, 0.3) is 10.0 Å². The van der Waals surface area contributed by atoms with Gasteiger partial charge >= 0.3 is 0 Å². The highest BCUT2D eigenvalue weighted by Crippen LogP contribution is 2.24. The van der Waals surface area contributed by atoms with Crippen molar-refractivity contribution in [3.05, 3.63) is 96.1 Å². The Morgan fingerprint density at radius 2 is 1.47 bits per heavy atom. The molecule has 0 aromatic heterocycles. The van der Waals surface area contributed by atoms with Gasteiger partial charge in [0.05, 0.1) is 10.6 Å². The van der Waals surface area contributed by atoms with Gasteiger partial charge in [0.15, 0.2) is 0 Å². The van der Waals surface area contributed by atoms with Crippen LogP contribution in [0.2, 0.25) is 0 Å². The summed E-state index contributed by atoms with van der Waals surface area (Å²) in [5.41, 5.74) is 2.37. The number of sulfonamides is 1. The lowest BCUT2D eigenvalue weighted by atomic mass is 10.1. The lowest BCUT2D eigenvalue weighted by molar-refractivity contribution is -0.138. The quantitative estimate of drug-likeness (QED) is 0.428. The van der Waals surface area contributed by atoms with E-state index in [0.29, 0.717) is 18.7 Å². The maximum Gasteiger partial charge on any atom is 0.264 e. The predicted molar refractivity (Wildman–Crippen MR) is 142 cm³/mol. The largest absolute Gasteiger partial charge is 0.355 e. The Balaban J connectivity index is 1.95. The topological polar surface area (TPSA) is 86.8 Å². The number of carbonyl (C=O) groups is 2. The number of hydrogen-bond acceptors (Lipinski definition) is 4. The van der Waals surface area contributed by atoms with Gasteiger partial charge in [-0.3, -0.25) is 13.9 Å². The molecule has 0 aliphatic heterocycles. The van der Waals surface area contributed by atoms with E-state index in [0.717, 1.165) is 15.4 Å². The molecule has 0 radical (unpaired) electrons. The molecule has 36 heavy (non-hydrogen) atoms. The van der Waals surface area contributed by atoms with Crippen LogP contribution in [0.1, 0.15) is 25.0 Å². The van der Waals surface area contributed by atoms with Crippen LogP contribution in [0.4, 0.5) is 5.69 Å². The molecule has 1 atom stereocenters. The van der Waals surface area contributed by atoms with Crippen molar-refractivity contribution in [3.8, 4) is 0 Å². The summed E-state index contributed by atoms with van der Waals surface area (Å²) in [5.74, 6) is -0.739. The van der Waals surface area contributed by atoms with Crippen molar-refractivity contribution in [2.45, 2.75) is 38.1 Å². The number of amides is 2. The molecule has 0 aliphatic carbocycles. The Hall–Kier alpha value is -3.65. The van der Waals surface area contributed by atoms with Gasteiger partial charge in [-0.15, -0.1) is 0 Å². The Kier molecular flexibility index (Phi) is 9.25. The van der Waals surface area contributed by atoms with Gasteiger partial charge < -0.3 is 10.2 Å². The van der Waals surface area contributed by atoms with Crippen LogP contribution in [0.3, 0.4) is 0 Å². The van der Waals surface area contributed by atoms with E-state index < -0.39 is 28.5 Å². The number of carbonyl (C=O) groups excluding carboxylic acids is 2. The molecule has 2 amide bonds. The van der Waals surface area contributed by atoms with E-state index in [1.807, 2.05) is 44.2 Å². The minimum Gasteiger partial charge on any atom is -0.355 e. The molecule has 0 heterocycles. The van der Waals surface area contributed by atoms with Crippen molar-refractivity contribution in [1.82, 2.24) is 10.2 Å². The van der Waals surface area contributed by atoms with E-state index in [-0.39, 0.29) is 17.3 Å². The van der Waals surface area contributed by atoms with Crippen LogP contribution >= 0.6 is 0 Å². The minimum atomic E-state index is -4.03. The lowest BCUT2D eigenvalue weighted by Gasteiger charge is -2.32. The summed E-state index contributed by atoms with van der Waals surface area (Å²) in [5, 5.41) is 2.76. The Bertz CT molecular complexity index is 1250. The van der Waals surface area contributed by atoms with Crippen molar-refractivity contribution >= 4 is 27.5 Å². The van der Waals surface area contributed by atoms with Crippen molar-refractivity contribution in [1.29, 1.82) is 0 Å². The number of aryl methyl sites for hydroxylation is 1. The molecular formula is C28H33N3O4S. The number of benzene rings is 3. The molecule has 0 saturated carbocycles. The van der Waals surface area contributed by atoms with Crippen LogP contribution in [-0.4, -0.2) is 50.8 Å². The maximum atomic E-state index is 13.7. The Morgan fingerprint density at radius 3 is 2.06 bits per heavy atom. The normalized spacial score (nSPS) is 12.0. The fraction of sp³-hybridized carbons (Fsp3) is 0.286. The molecular weight excluding hydrogens is 474 g/mol. The van der Waals surface area contributed by atoms with E-state index in [1.165, 1.54) is 17.0 Å². The fourth-order valence-corrected chi connectivity index (χ4v) is 5.29. The number of nitrogens with one attached hydrogen (secondary N) is 1. The van der Waals surface area contributed by atoms with Crippen LogP contribution in [0.25, 0.3) is 0 Å². The Labute approximate surface area is 213 Å². The SMILES string of the molecule is CCNC(=O)[C@@H](C)N(CCc1ccccc1)C(=O)CN(c1ccc(C)cc1)S(=O)(=O)c1ccccc1. The molecule has 0 aliphatic rings. The van der Waals surface area contributed by atoms with Gasteiger partial charge in [0, 0.05) is 13.1 Å². The summed E-state index contributed by atoms with van der Waals surface area (Å²) in [6.07, 6.45) is 0.534. The van der Waals surface area contributed by atoms with E-state index >= 15 is 0 Å². The summed E-state index contributed by atoms with van der Waals surface area (Å²) in [4.78, 5) is 27.9. The summed E-state index contributed by atoms with van der Waals surface area (Å²) in [7, 11) is -4.03. The molecule has 0 saturated heterocycles. The highest BCUT2D eigenvalue weighted by molar-refractivity contribution is 7.92. The summed E-state index contributed by atoms with van der Waals surface area (Å²) >= 11 is 0. The number of likely N-dealkylation sites (N-methyl/N-ethyl adjacent to an activating group) is 1. The molecule has 0 fully saturated rings. The molecule has 1 N–H and O–H groups in total. The van der Waals surface area contributed by atoms with Crippen molar-refractivity contribution < 1.29 is 18.0 Å². The third kappa shape index (κ3) is 6.73. The first-order chi connectivity index (χ1) is 17.2. The lowest BCUT2D eigenvalue weighted by Crippen LogP contribution is -2.52. The van der Waals surface area contributed by atoms with E-state index in [1.54, 1.807) is 49.4 Å². The highest BCUT2D eigenvalue weighted by Gasteiger charge is 2.32. The third-order valence-corrected chi connectivity index (χ3v) is 7.72. The van der Waals surface area contributed by atoms with Gasteiger partial charge in [-0.05, 0) is 57.0 Å². The van der Waals surface area contributed by atoms with Crippen molar-refractivity contribution in [2.75, 3.05) is 23.9 Å².